The van der Waals surface area contributed by atoms with E-state index in [1.165, 1.54) is 11.3 Å². The first-order valence-electron chi connectivity index (χ1n) is 14.3. The van der Waals surface area contributed by atoms with Crippen molar-refractivity contribution in [2.24, 2.45) is 4.99 Å². The molecular weight excluding hydrogens is 667 g/mol. The van der Waals surface area contributed by atoms with Gasteiger partial charge in [0.15, 0.2) is 4.80 Å². The molecule has 0 fully saturated rings. The van der Waals surface area contributed by atoms with Crippen LogP contribution >= 0.6 is 46.1 Å². The first kappa shape index (κ1) is 31.9. The van der Waals surface area contributed by atoms with Crippen LogP contribution in [0.25, 0.3) is 16.8 Å². The molecular formula is C35H27Cl3N2O5S. The van der Waals surface area contributed by atoms with Crippen molar-refractivity contribution < 1.29 is 19.0 Å². The lowest BCUT2D eigenvalue weighted by Gasteiger charge is -2.27. The van der Waals surface area contributed by atoms with Gasteiger partial charge in [0.1, 0.15) is 24.1 Å². The van der Waals surface area contributed by atoms with E-state index in [2.05, 4.69) is 0 Å². The Balaban J connectivity index is 1.53. The molecule has 7 nitrogen and oxygen atoms in total. The van der Waals surface area contributed by atoms with E-state index in [4.69, 9.17) is 54.0 Å². The average molecular weight is 694 g/mol. The Labute approximate surface area is 283 Å². The van der Waals surface area contributed by atoms with Crippen LogP contribution in [0.5, 0.6) is 11.5 Å². The highest BCUT2D eigenvalue weighted by Gasteiger charge is 2.36. The van der Waals surface area contributed by atoms with Crippen molar-refractivity contribution in [1.82, 2.24) is 4.57 Å². The predicted octanol–water partition coefficient (Wildman–Crippen LogP) is 7.50. The zero-order valence-electron chi connectivity index (χ0n) is 25.0. The molecule has 0 bridgehead atoms. The molecule has 0 amide bonds. The van der Waals surface area contributed by atoms with E-state index in [9.17, 15) is 9.59 Å². The summed E-state index contributed by atoms with van der Waals surface area (Å²) in [5.74, 6) is 0.475. The van der Waals surface area contributed by atoms with Crippen molar-refractivity contribution in [2.75, 3.05) is 13.7 Å². The molecule has 0 unspecified atom stereocenters. The number of aromatic nitrogens is 1. The minimum Gasteiger partial charge on any atom is -0.496 e. The number of methoxy groups -OCH3 is 1. The molecule has 5 aromatic rings. The molecule has 0 saturated carbocycles. The Morgan fingerprint density at radius 1 is 1.00 bits per heavy atom. The van der Waals surface area contributed by atoms with Gasteiger partial charge in [0.2, 0.25) is 0 Å². The van der Waals surface area contributed by atoms with Gasteiger partial charge in [-0.2, -0.15) is 0 Å². The second kappa shape index (κ2) is 13.3. The van der Waals surface area contributed by atoms with Gasteiger partial charge < -0.3 is 14.2 Å². The zero-order chi connectivity index (χ0) is 32.5. The number of hydrogen-bond acceptors (Lipinski definition) is 7. The van der Waals surface area contributed by atoms with Gasteiger partial charge in [0.25, 0.3) is 5.56 Å². The lowest BCUT2D eigenvalue weighted by atomic mass is 9.90. The van der Waals surface area contributed by atoms with Crippen molar-refractivity contribution in [3.8, 4) is 11.5 Å². The smallest absolute Gasteiger partial charge is 0.338 e. The molecule has 0 saturated heterocycles. The number of esters is 1. The summed E-state index contributed by atoms with van der Waals surface area (Å²) < 4.78 is 19.4. The Morgan fingerprint density at radius 3 is 2.50 bits per heavy atom. The van der Waals surface area contributed by atoms with E-state index in [0.717, 1.165) is 16.3 Å². The molecule has 6 rings (SSSR count). The first-order valence-corrected chi connectivity index (χ1v) is 16.3. The fourth-order valence-electron chi connectivity index (χ4n) is 5.50. The van der Waals surface area contributed by atoms with Gasteiger partial charge in [-0.15, -0.1) is 0 Å². The maximum Gasteiger partial charge on any atom is 0.338 e. The number of benzene rings is 4. The maximum atomic E-state index is 14.4. The van der Waals surface area contributed by atoms with Crippen LogP contribution in [0, 0.1) is 0 Å². The van der Waals surface area contributed by atoms with Crippen LogP contribution in [-0.2, 0) is 16.1 Å². The molecule has 1 aromatic heterocycles. The number of carbonyl (C=O) groups is 1. The second-order valence-corrected chi connectivity index (χ2v) is 12.7. The van der Waals surface area contributed by atoms with Crippen LogP contribution in [0.15, 0.2) is 93.9 Å². The van der Waals surface area contributed by atoms with Crippen LogP contribution in [-0.4, -0.2) is 24.3 Å². The van der Waals surface area contributed by atoms with Crippen molar-refractivity contribution in [1.29, 1.82) is 0 Å². The zero-order valence-corrected chi connectivity index (χ0v) is 28.1. The average Bonchev–Trinajstić information content (AvgIpc) is 3.34. The number of carbonyl (C=O) groups excluding carboxylic acids is 1. The standard InChI is InChI=1S/C35H27Cl3N2O5S/c1-4-44-34(42)30-19(2)39-35-40(32(30)31-25-8-6-5-7-20(25)10-13-28(31)43-3)33(41)29(46-35)16-22-15-23(36)12-14-27(22)45-18-21-9-11-24(37)17-26(21)38/h5-17,32H,4,18H2,1-3H3/b29-16-/t32-/m1/s1. The molecule has 0 aliphatic carbocycles. The summed E-state index contributed by atoms with van der Waals surface area (Å²) in [7, 11) is 1.57. The highest BCUT2D eigenvalue weighted by molar-refractivity contribution is 7.07. The number of rotatable bonds is 8. The summed E-state index contributed by atoms with van der Waals surface area (Å²) in [6.07, 6.45) is 1.72. The number of nitrogens with zero attached hydrogens (tertiary/aromatic N) is 2. The molecule has 0 spiro atoms. The van der Waals surface area contributed by atoms with Crippen LogP contribution < -0.4 is 24.4 Å². The molecule has 0 radical (unpaired) electrons. The summed E-state index contributed by atoms with van der Waals surface area (Å²) in [6.45, 7) is 3.82. The van der Waals surface area contributed by atoms with Crippen molar-refractivity contribution in [3.05, 3.63) is 136 Å². The molecule has 234 valence electrons. The fraction of sp³-hybridized carbons (Fsp3) is 0.171. The number of halogens is 3. The number of ether oxygens (including phenoxy) is 3. The van der Waals surface area contributed by atoms with E-state index in [1.54, 1.807) is 68.0 Å². The van der Waals surface area contributed by atoms with E-state index in [-0.39, 0.29) is 24.3 Å². The Morgan fingerprint density at radius 2 is 1.74 bits per heavy atom. The summed E-state index contributed by atoms with van der Waals surface area (Å²) >= 11 is 20.0. The molecule has 11 heteroatoms. The third kappa shape index (κ3) is 6.06. The monoisotopic (exact) mass is 692 g/mol. The minimum atomic E-state index is -0.861. The van der Waals surface area contributed by atoms with Crippen LogP contribution in [0.1, 0.15) is 36.6 Å². The summed E-state index contributed by atoms with van der Waals surface area (Å²) in [6, 6.07) is 21.0. The number of thiazole rings is 1. The van der Waals surface area contributed by atoms with Crippen LogP contribution in [0.4, 0.5) is 0 Å². The molecule has 0 N–H and O–H groups in total. The third-order valence-corrected chi connectivity index (χ3v) is 9.40. The fourth-order valence-corrected chi connectivity index (χ4v) is 7.18. The molecule has 1 atom stereocenters. The number of hydrogen-bond donors (Lipinski definition) is 0. The summed E-state index contributed by atoms with van der Waals surface area (Å²) in [5, 5.41) is 3.24. The number of fused-ring (bicyclic) bond motifs is 2. The van der Waals surface area contributed by atoms with Gasteiger partial charge in [-0.1, -0.05) is 82.5 Å². The topological polar surface area (TPSA) is 79.1 Å². The molecule has 4 aromatic carbocycles. The van der Waals surface area contributed by atoms with Gasteiger partial charge in [0, 0.05) is 31.8 Å². The largest absolute Gasteiger partial charge is 0.496 e. The van der Waals surface area contributed by atoms with E-state index in [1.807, 2.05) is 36.4 Å². The van der Waals surface area contributed by atoms with Crippen molar-refractivity contribution >= 4 is 69.0 Å². The van der Waals surface area contributed by atoms with E-state index in [0.29, 0.717) is 52.7 Å². The predicted molar refractivity (Wildman–Crippen MR) is 183 cm³/mol. The Hall–Kier alpha value is -4.08. The summed E-state index contributed by atoms with van der Waals surface area (Å²) in [5.41, 5.74) is 2.38. The molecule has 1 aliphatic rings. The normalized spacial score (nSPS) is 14.7. The highest BCUT2D eigenvalue weighted by Crippen LogP contribution is 2.40. The molecule has 46 heavy (non-hydrogen) atoms. The lowest BCUT2D eigenvalue weighted by Crippen LogP contribution is -2.40. The highest BCUT2D eigenvalue weighted by atomic mass is 35.5. The second-order valence-electron chi connectivity index (χ2n) is 10.4. The van der Waals surface area contributed by atoms with E-state index >= 15 is 0 Å². The quantitative estimate of drug-likeness (QED) is 0.157. The summed E-state index contributed by atoms with van der Waals surface area (Å²) in [4.78, 5) is 33.0. The Bertz CT molecular complexity index is 2220. The van der Waals surface area contributed by atoms with Crippen molar-refractivity contribution in [3.63, 3.8) is 0 Å². The molecule has 2 heterocycles. The minimum absolute atomic E-state index is 0.165. The molecule has 1 aliphatic heterocycles. The van der Waals surface area contributed by atoms with Gasteiger partial charge in [0.05, 0.1) is 29.5 Å². The van der Waals surface area contributed by atoms with Gasteiger partial charge in [-0.05, 0) is 67.1 Å². The Kier molecular flexibility index (Phi) is 9.25. The van der Waals surface area contributed by atoms with Crippen LogP contribution in [0.2, 0.25) is 15.1 Å². The van der Waals surface area contributed by atoms with E-state index < -0.39 is 12.0 Å². The van der Waals surface area contributed by atoms with Crippen molar-refractivity contribution in [2.45, 2.75) is 26.5 Å². The SMILES string of the molecule is CCOC(=O)C1=C(C)N=c2s/c(=C\c3cc(Cl)ccc3OCc3ccc(Cl)cc3Cl)c(=O)n2[C@H]1c1c(OC)ccc2ccccc12. The lowest BCUT2D eigenvalue weighted by molar-refractivity contribution is -0.139. The van der Waals surface area contributed by atoms with Gasteiger partial charge in [-0.25, -0.2) is 9.79 Å². The maximum absolute atomic E-state index is 14.4. The number of allylic oxidation sites excluding steroid dienone is 1. The third-order valence-electron chi connectivity index (χ3n) is 7.60. The first-order chi connectivity index (χ1) is 22.2. The van der Waals surface area contributed by atoms with Gasteiger partial charge >= 0.3 is 5.97 Å². The van der Waals surface area contributed by atoms with Gasteiger partial charge in [-0.3, -0.25) is 9.36 Å². The van der Waals surface area contributed by atoms with Crippen LogP contribution in [0.3, 0.4) is 0 Å².